The van der Waals surface area contributed by atoms with Crippen LogP contribution in [0.5, 0.6) is 0 Å². The highest BCUT2D eigenvalue weighted by atomic mass is 35.5. The first-order valence-corrected chi connectivity index (χ1v) is 7.65. The smallest absolute Gasteiger partial charge is 0.223 e. The minimum atomic E-state index is 0. The van der Waals surface area contributed by atoms with Gasteiger partial charge in [0.2, 0.25) is 5.95 Å². The second-order valence-corrected chi connectivity index (χ2v) is 5.66. The van der Waals surface area contributed by atoms with Crippen molar-refractivity contribution in [1.29, 1.82) is 0 Å². The van der Waals surface area contributed by atoms with E-state index in [4.69, 9.17) is 0 Å². The molecule has 22 heavy (non-hydrogen) atoms. The third kappa shape index (κ3) is 4.68. The van der Waals surface area contributed by atoms with E-state index >= 15 is 0 Å². The van der Waals surface area contributed by atoms with Crippen LogP contribution in [0.4, 0.5) is 5.95 Å². The lowest BCUT2D eigenvalue weighted by Crippen LogP contribution is -2.35. The largest absolute Gasteiger partial charge is 0.351 e. The summed E-state index contributed by atoms with van der Waals surface area (Å²) in [5, 5.41) is 6.86. The number of aromatic nitrogens is 2. The SMILES string of the molecule is Cc1cc(Cc2ccccc2)nc(NC2CCNCC2)n1.Cl. The maximum Gasteiger partial charge on any atom is 0.223 e. The van der Waals surface area contributed by atoms with Crippen LogP contribution in [0.15, 0.2) is 36.4 Å². The molecule has 5 heteroatoms. The molecule has 0 spiro atoms. The minimum Gasteiger partial charge on any atom is -0.351 e. The highest BCUT2D eigenvalue weighted by molar-refractivity contribution is 5.85. The molecule has 1 saturated heterocycles. The normalized spacial score (nSPS) is 15.1. The molecule has 0 unspecified atom stereocenters. The number of benzene rings is 1. The number of anilines is 1. The molecule has 1 aliphatic rings. The predicted octanol–water partition coefficient (Wildman–Crippen LogP) is 2.96. The van der Waals surface area contributed by atoms with Gasteiger partial charge in [0.1, 0.15) is 0 Å². The summed E-state index contributed by atoms with van der Waals surface area (Å²) < 4.78 is 0. The number of rotatable bonds is 4. The van der Waals surface area contributed by atoms with Gasteiger partial charge in [0.15, 0.2) is 0 Å². The summed E-state index contributed by atoms with van der Waals surface area (Å²) in [7, 11) is 0. The quantitative estimate of drug-likeness (QED) is 0.910. The third-order valence-electron chi connectivity index (χ3n) is 3.81. The molecule has 0 aliphatic carbocycles. The molecule has 1 fully saturated rings. The topological polar surface area (TPSA) is 49.8 Å². The Labute approximate surface area is 138 Å². The van der Waals surface area contributed by atoms with Gasteiger partial charge in [-0.1, -0.05) is 30.3 Å². The van der Waals surface area contributed by atoms with Crippen molar-refractivity contribution in [3.05, 3.63) is 53.3 Å². The molecule has 0 amide bonds. The van der Waals surface area contributed by atoms with Crippen LogP contribution in [0, 0.1) is 6.92 Å². The van der Waals surface area contributed by atoms with Crippen LogP contribution < -0.4 is 10.6 Å². The van der Waals surface area contributed by atoms with E-state index in [0.29, 0.717) is 6.04 Å². The second kappa shape index (κ2) is 8.11. The lowest BCUT2D eigenvalue weighted by molar-refractivity contribution is 0.477. The number of hydrogen-bond donors (Lipinski definition) is 2. The molecule has 1 aliphatic heterocycles. The Kier molecular flexibility index (Phi) is 6.16. The average Bonchev–Trinajstić information content (AvgIpc) is 2.48. The highest BCUT2D eigenvalue weighted by Gasteiger charge is 2.14. The number of nitrogens with one attached hydrogen (secondary N) is 2. The fraction of sp³-hybridized carbons (Fsp3) is 0.412. The Balaban J connectivity index is 0.00000176. The minimum absolute atomic E-state index is 0. The fourth-order valence-corrected chi connectivity index (χ4v) is 2.74. The predicted molar refractivity (Wildman–Crippen MR) is 92.8 cm³/mol. The average molecular weight is 319 g/mol. The number of piperidine rings is 1. The highest BCUT2D eigenvalue weighted by Crippen LogP contribution is 2.13. The van der Waals surface area contributed by atoms with E-state index in [9.17, 15) is 0 Å². The molecule has 1 aromatic heterocycles. The Morgan fingerprint density at radius 1 is 1.14 bits per heavy atom. The summed E-state index contributed by atoms with van der Waals surface area (Å²) in [5.74, 6) is 0.771. The molecule has 2 heterocycles. The standard InChI is InChI=1S/C17H22N4.ClH/c1-13-11-16(12-14-5-3-2-4-6-14)21-17(19-13)20-15-7-9-18-10-8-15;/h2-6,11,15,18H,7-10,12H2,1H3,(H,19,20,21);1H. The van der Waals surface area contributed by atoms with Crippen LogP contribution in [0.25, 0.3) is 0 Å². The Bertz CT molecular complexity index is 582. The van der Waals surface area contributed by atoms with Crippen LogP contribution in [-0.4, -0.2) is 29.1 Å². The molecule has 1 aromatic carbocycles. The third-order valence-corrected chi connectivity index (χ3v) is 3.81. The van der Waals surface area contributed by atoms with Crippen LogP contribution in [0.3, 0.4) is 0 Å². The van der Waals surface area contributed by atoms with E-state index in [1.165, 1.54) is 5.56 Å². The van der Waals surface area contributed by atoms with Crippen LogP contribution >= 0.6 is 12.4 Å². The van der Waals surface area contributed by atoms with Gasteiger partial charge < -0.3 is 10.6 Å². The maximum atomic E-state index is 4.68. The van der Waals surface area contributed by atoms with Crippen LogP contribution in [-0.2, 0) is 6.42 Å². The molecule has 3 rings (SSSR count). The Morgan fingerprint density at radius 2 is 1.86 bits per heavy atom. The molecular weight excluding hydrogens is 296 g/mol. The number of halogens is 1. The zero-order chi connectivity index (χ0) is 14.5. The summed E-state index contributed by atoms with van der Waals surface area (Å²) in [4.78, 5) is 9.21. The van der Waals surface area contributed by atoms with Crippen molar-refractivity contribution in [2.24, 2.45) is 0 Å². The zero-order valence-corrected chi connectivity index (χ0v) is 13.7. The summed E-state index contributed by atoms with van der Waals surface area (Å²) in [6.07, 6.45) is 3.11. The van der Waals surface area contributed by atoms with Crippen molar-refractivity contribution in [1.82, 2.24) is 15.3 Å². The molecule has 0 radical (unpaired) electrons. The number of aryl methyl sites for hydroxylation is 1. The molecule has 4 nitrogen and oxygen atoms in total. The van der Waals surface area contributed by atoms with Gasteiger partial charge in [0.25, 0.3) is 0 Å². The number of nitrogens with zero attached hydrogens (tertiary/aromatic N) is 2. The van der Waals surface area contributed by atoms with Gasteiger partial charge in [-0.25, -0.2) is 9.97 Å². The summed E-state index contributed by atoms with van der Waals surface area (Å²) in [6.45, 7) is 4.17. The lowest BCUT2D eigenvalue weighted by Gasteiger charge is -2.23. The van der Waals surface area contributed by atoms with Crippen molar-refractivity contribution in [2.45, 2.75) is 32.2 Å². The summed E-state index contributed by atoms with van der Waals surface area (Å²) in [5.41, 5.74) is 3.38. The van der Waals surface area contributed by atoms with Crippen molar-refractivity contribution < 1.29 is 0 Å². The molecule has 0 bridgehead atoms. The van der Waals surface area contributed by atoms with Gasteiger partial charge in [0.05, 0.1) is 5.69 Å². The molecule has 118 valence electrons. The first-order chi connectivity index (χ1) is 10.3. The second-order valence-electron chi connectivity index (χ2n) is 5.66. The Hall–Kier alpha value is -1.65. The van der Waals surface area contributed by atoms with Crippen LogP contribution in [0.2, 0.25) is 0 Å². The molecular formula is C17H23ClN4. The summed E-state index contributed by atoms with van der Waals surface area (Å²) in [6, 6.07) is 13.0. The van der Waals surface area contributed by atoms with E-state index in [1.807, 2.05) is 13.0 Å². The van der Waals surface area contributed by atoms with Crippen molar-refractivity contribution >= 4 is 18.4 Å². The maximum absolute atomic E-state index is 4.68. The zero-order valence-electron chi connectivity index (χ0n) is 12.9. The first kappa shape index (κ1) is 16.7. The van der Waals surface area contributed by atoms with Gasteiger partial charge in [-0.05, 0) is 44.5 Å². The summed E-state index contributed by atoms with van der Waals surface area (Å²) >= 11 is 0. The first-order valence-electron chi connectivity index (χ1n) is 7.65. The number of hydrogen-bond acceptors (Lipinski definition) is 4. The van der Waals surface area contributed by atoms with E-state index in [0.717, 1.165) is 49.7 Å². The van der Waals surface area contributed by atoms with Crippen molar-refractivity contribution in [3.63, 3.8) is 0 Å². The van der Waals surface area contributed by atoms with Gasteiger partial charge in [0, 0.05) is 18.2 Å². The van der Waals surface area contributed by atoms with E-state index in [2.05, 4.69) is 50.9 Å². The molecule has 0 saturated carbocycles. The van der Waals surface area contributed by atoms with E-state index < -0.39 is 0 Å². The van der Waals surface area contributed by atoms with Gasteiger partial charge in [-0.15, -0.1) is 12.4 Å². The molecule has 2 N–H and O–H groups in total. The molecule has 0 atom stereocenters. The van der Waals surface area contributed by atoms with Gasteiger partial charge in [-0.2, -0.15) is 0 Å². The van der Waals surface area contributed by atoms with Gasteiger partial charge >= 0.3 is 0 Å². The van der Waals surface area contributed by atoms with Crippen molar-refractivity contribution in [3.8, 4) is 0 Å². The van der Waals surface area contributed by atoms with Crippen LogP contribution in [0.1, 0.15) is 29.8 Å². The van der Waals surface area contributed by atoms with Crippen molar-refractivity contribution in [2.75, 3.05) is 18.4 Å². The fourth-order valence-electron chi connectivity index (χ4n) is 2.74. The molecule has 2 aromatic rings. The van der Waals surface area contributed by atoms with Gasteiger partial charge in [-0.3, -0.25) is 0 Å². The van der Waals surface area contributed by atoms with E-state index in [1.54, 1.807) is 0 Å². The Morgan fingerprint density at radius 3 is 2.59 bits per heavy atom. The lowest BCUT2D eigenvalue weighted by atomic mass is 10.1. The van der Waals surface area contributed by atoms with E-state index in [-0.39, 0.29) is 12.4 Å². The monoisotopic (exact) mass is 318 g/mol.